The van der Waals surface area contributed by atoms with Crippen LogP contribution in [0.15, 0.2) is 48.7 Å². The van der Waals surface area contributed by atoms with Crippen molar-refractivity contribution in [2.24, 2.45) is 0 Å². The maximum absolute atomic E-state index is 9.96. The molecule has 0 spiro atoms. The van der Waals surface area contributed by atoms with Crippen LogP contribution in [-0.4, -0.2) is 28.7 Å². The third-order valence-electron chi connectivity index (χ3n) is 4.37. The van der Waals surface area contributed by atoms with Crippen molar-refractivity contribution in [1.29, 1.82) is 0 Å². The van der Waals surface area contributed by atoms with Crippen molar-refractivity contribution in [2.75, 3.05) is 18.6 Å². The Morgan fingerprint density at radius 2 is 1.96 bits per heavy atom. The molecule has 2 aromatic carbocycles. The summed E-state index contributed by atoms with van der Waals surface area (Å²) < 4.78 is 5.27. The summed E-state index contributed by atoms with van der Waals surface area (Å²) in [5.41, 5.74) is 3.51. The van der Waals surface area contributed by atoms with Crippen molar-refractivity contribution in [3.63, 3.8) is 0 Å². The summed E-state index contributed by atoms with van der Waals surface area (Å²) in [5, 5.41) is 11.0. The Hall–Kier alpha value is -1.72. The predicted molar refractivity (Wildman–Crippen MR) is 103 cm³/mol. The van der Waals surface area contributed by atoms with E-state index in [2.05, 4.69) is 29.4 Å². The average molecular weight is 358 g/mol. The van der Waals surface area contributed by atoms with Crippen LogP contribution < -0.4 is 4.74 Å². The molecule has 5 heteroatoms. The Morgan fingerprint density at radius 1 is 1.12 bits per heavy atom. The molecular weight excluding hydrogens is 338 g/mol. The number of aromatic amines is 1. The van der Waals surface area contributed by atoms with Crippen LogP contribution in [0.5, 0.6) is 11.5 Å². The topological polar surface area (TPSA) is 45.2 Å². The van der Waals surface area contributed by atoms with Crippen molar-refractivity contribution < 1.29 is 9.84 Å². The number of nitrogens with one attached hydrogen (secondary N) is 1. The van der Waals surface area contributed by atoms with Gasteiger partial charge in [0.15, 0.2) is 0 Å². The van der Waals surface area contributed by atoms with Gasteiger partial charge in [-0.3, -0.25) is 0 Å². The molecule has 0 bridgehead atoms. The Balaban J connectivity index is 1.94. The molecule has 4 rings (SSSR count). The van der Waals surface area contributed by atoms with Gasteiger partial charge in [-0.15, -0.1) is 23.5 Å². The summed E-state index contributed by atoms with van der Waals surface area (Å²) in [5.74, 6) is 3.42. The van der Waals surface area contributed by atoms with Gasteiger partial charge in [0.1, 0.15) is 15.6 Å². The number of aromatic hydroxyl groups is 1. The van der Waals surface area contributed by atoms with E-state index in [9.17, 15) is 5.11 Å². The lowest BCUT2D eigenvalue weighted by molar-refractivity contribution is 0.414. The first-order valence-electron chi connectivity index (χ1n) is 7.96. The van der Waals surface area contributed by atoms with Gasteiger partial charge >= 0.3 is 0 Å². The highest BCUT2D eigenvalue weighted by atomic mass is 32.2. The molecule has 0 unspecified atom stereocenters. The maximum atomic E-state index is 9.96. The fourth-order valence-electron chi connectivity index (χ4n) is 3.22. The number of hydrogen-bond acceptors (Lipinski definition) is 4. The summed E-state index contributed by atoms with van der Waals surface area (Å²) in [6, 6.07) is 13.9. The highest BCUT2D eigenvalue weighted by molar-refractivity contribution is 8.18. The van der Waals surface area contributed by atoms with Crippen LogP contribution in [-0.2, 0) is 4.08 Å². The van der Waals surface area contributed by atoms with Crippen LogP contribution in [0, 0.1) is 0 Å². The highest BCUT2D eigenvalue weighted by Gasteiger charge is 2.39. The average Bonchev–Trinajstić information content (AvgIpc) is 3.06. The van der Waals surface area contributed by atoms with Gasteiger partial charge in [0.25, 0.3) is 0 Å². The van der Waals surface area contributed by atoms with Crippen molar-refractivity contribution in [2.45, 2.75) is 10.5 Å². The smallest absolute Gasteiger partial charge is 0.119 e. The Morgan fingerprint density at radius 3 is 2.75 bits per heavy atom. The molecule has 0 atom stereocenters. The van der Waals surface area contributed by atoms with Gasteiger partial charge in [-0.05, 0) is 53.8 Å². The SMILES string of the molecule is COc1cccc(C2(c3c[nH]c4ccc(O)cc34)SCCCS2)c1. The first kappa shape index (κ1) is 15.8. The van der Waals surface area contributed by atoms with E-state index in [0.717, 1.165) is 28.2 Å². The number of phenolic OH excluding ortho intramolecular Hbond substituents is 1. The van der Waals surface area contributed by atoms with Crippen LogP contribution in [0.2, 0.25) is 0 Å². The summed E-state index contributed by atoms with van der Waals surface area (Å²) in [6.07, 6.45) is 3.31. The molecular formula is C19H19NO2S2. The van der Waals surface area contributed by atoms with E-state index in [-0.39, 0.29) is 4.08 Å². The summed E-state index contributed by atoms with van der Waals surface area (Å²) >= 11 is 3.93. The Bertz CT molecular complexity index is 869. The fraction of sp³-hybridized carbons (Fsp3) is 0.263. The maximum Gasteiger partial charge on any atom is 0.119 e. The molecule has 3 nitrogen and oxygen atoms in total. The van der Waals surface area contributed by atoms with E-state index in [1.807, 2.05) is 41.7 Å². The van der Waals surface area contributed by atoms with E-state index >= 15 is 0 Å². The molecule has 0 amide bonds. The standard InChI is InChI=1S/C19H19NO2S2/c1-22-15-5-2-4-13(10-15)19(23-8-3-9-24-19)17-12-20-18-7-6-14(21)11-16(17)18/h2,4-7,10-12,20-21H,3,8-9H2,1H3. The zero-order valence-corrected chi connectivity index (χ0v) is 15.0. The normalized spacial score (nSPS) is 17.0. The lowest BCUT2D eigenvalue weighted by atomic mass is 10.0. The van der Waals surface area contributed by atoms with E-state index in [4.69, 9.17) is 4.74 Å². The lowest BCUT2D eigenvalue weighted by Crippen LogP contribution is -2.24. The number of benzene rings is 2. The van der Waals surface area contributed by atoms with Crippen molar-refractivity contribution >= 4 is 34.4 Å². The highest BCUT2D eigenvalue weighted by Crippen LogP contribution is 2.56. The minimum absolute atomic E-state index is 0.182. The van der Waals surface area contributed by atoms with E-state index < -0.39 is 0 Å². The van der Waals surface area contributed by atoms with Crippen molar-refractivity contribution in [1.82, 2.24) is 4.98 Å². The van der Waals surface area contributed by atoms with Crippen LogP contribution in [0.3, 0.4) is 0 Å². The zero-order chi connectivity index (χ0) is 16.6. The molecule has 124 valence electrons. The number of thioether (sulfide) groups is 2. The van der Waals surface area contributed by atoms with Crippen molar-refractivity contribution in [3.05, 3.63) is 59.8 Å². The zero-order valence-electron chi connectivity index (χ0n) is 13.4. The molecule has 24 heavy (non-hydrogen) atoms. The second kappa shape index (κ2) is 6.30. The molecule has 3 aromatic rings. The minimum atomic E-state index is -0.182. The number of hydrogen-bond donors (Lipinski definition) is 2. The minimum Gasteiger partial charge on any atom is -0.508 e. The molecule has 2 N–H and O–H groups in total. The van der Waals surface area contributed by atoms with E-state index in [1.54, 1.807) is 13.2 Å². The number of fused-ring (bicyclic) bond motifs is 1. The number of ether oxygens (including phenoxy) is 1. The third kappa shape index (κ3) is 2.56. The largest absolute Gasteiger partial charge is 0.508 e. The van der Waals surface area contributed by atoms with Gasteiger partial charge in [-0.2, -0.15) is 0 Å². The van der Waals surface area contributed by atoms with Gasteiger partial charge in [-0.1, -0.05) is 12.1 Å². The van der Waals surface area contributed by atoms with Gasteiger partial charge in [0.05, 0.1) is 7.11 Å². The summed E-state index contributed by atoms with van der Waals surface area (Å²) in [7, 11) is 1.71. The monoisotopic (exact) mass is 357 g/mol. The van der Waals surface area contributed by atoms with Crippen LogP contribution in [0.4, 0.5) is 0 Å². The van der Waals surface area contributed by atoms with Gasteiger partial charge in [0.2, 0.25) is 0 Å². The predicted octanol–water partition coefficient (Wildman–Crippen LogP) is 4.95. The number of rotatable bonds is 3. The molecule has 0 aliphatic carbocycles. The summed E-state index contributed by atoms with van der Waals surface area (Å²) in [6.45, 7) is 0. The molecule has 1 fully saturated rings. The second-order valence-corrected chi connectivity index (χ2v) is 8.71. The summed E-state index contributed by atoms with van der Waals surface area (Å²) in [4.78, 5) is 3.37. The molecule has 1 aromatic heterocycles. The molecule has 0 radical (unpaired) electrons. The third-order valence-corrected chi connectivity index (χ3v) is 7.79. The molecule has 1 aliphatic heterocycles. The van der Waals surface area contributed by atoms with Crippen molar-refractivity contribution in [3.8, 4) is 11.5 Å². The fourth-order valence-corrected chi connectivity index (χ4v) is 6.62. The van der Waals surface area contributed by atoms with Crippen LogP contribution >= 0.6 is 23.5 Å². The van der Waals surface area contributed by atoms with Gasteiger partial charge in [0, 0.05) is 22.7 Å². The number of methoxy groups -OCH3 is 1. The first-order chi connectivity index (χ1) is 11.7. The van der Waals surface area contributed by atoms with Crippen LogP contribution in [0.1, 0.15) is 17.5 Å². The second-order valence-electron chi connectivity index (χ2n) is 5.83. The quantitative estimate of drug-likeness (QED) is 0.696. The Labute approximate surface area is 149 Å². The lowest BCUT2D eigenvalue weighted by Gasteiger charge is -2.36. The molecule has 2 heterocycles. The van der Waals surface area contributed by atoms with E-state index in [0.29, 0.717) is 5.75 Å². The number of aromatic nitrogens is 1. The first-order valence-corrected chi connectivity index (χ1v) is 9.93. The van der Waals surface area contributed by atoms with Crippen LogP contribution in [0.25, 0.3) is 10.9 Å². The number of H-pyrrole nitrogens is 1. The number of phenols is 1. The molecule has 0 saturated carbocycles. The Kier molecular flexibility index (Phi) is 4.14. The van der Waals surface area contributed by atoms with Gasteiger partial charge in [-0.25, -0.2) is 0 Å². The molecule has 1 saturated heterocycles. The van der Waals surface area contributed by atoms with E-state index in [1.165, 1.54) is 17.5 Å². The molecule has 1 aliphatic rings. The van der Waals surface area contributed by atoms with Gasteiger partial charge < -0.3 is 14.8 Å².